The Labute approximate surface area is 169 Å². The molecule has 0 atom stereocenters. The van der Waals surface area contributed by atoms with Crippen molar-refractivity contribution in [2.75, 3.05) is 26.2 Å². The summed E-state index contributed by atoms with van der Waals surface area (Å²) in [5, 5.41) is 0. The van der Waals surface area contributed by atoms with Crippen LogP contribution >= 0.6 is 0 Å². The van der Waals surface area contributed by atoms with Crippen molar-refractivity contribution in [2.45, 2.75) is 59.0 Å². The van der Waals surface area contributed by atoms with Crippen molar-refractivity contribution < 1.29 is 9.21 Å². The fourth-order valence-electron chi connectivity index (χ4n) is 3.96. The minimum absolute atomic E-state index is 0.364. The van der Waals surface area contributed by atoms with E-state index in [4.69, 9.17) is 4.42 Å². The van der Waals surface area contributed by atoms with Gasteiger partial charge in [-0.15, -0.1) is 0 Å². The number of benzene rings is 1. The van der Waals surface area contributed by atoms with E-state index in [9.17, 15) is 4.79 Å². The van der Waals surface area contributed by atoms with E-state index in [2.05, 4.69) is 54.0 Å². The molecule has 28 heavy (non-hydrogen) atoms. The second-order valence-corrected chi connectivity index (χ2v) is 7.81. The molecule has 0 saturated heterocycles. The van der Waals surface area contributed by atoms with Crippen LogP contribution in [0, 0.1) is 0 Å². The Bertz CT molecular complexity index is 734. The number of nitrogens with zero attached hydrogens (tertiary/aromatic N) is 2. The summed E-state index contributed by atoms with van der Waals surface area (Å²) in [7, 11) is 0. The van der Waals surface area contributed by atoms with Gasteiger partial charge in [0, 0.05) is 31.5 Å². The quantitative estimate of drug-likeness (QED) is 0.538. The average Bonchev–Trinajstić information content (AvgIpc) is 3.12. The van der Waals surface area contributed by atoms with Crippen LogP contribution in [-0.2, 0) is 30.7 Å². The summed E-state index contributed by atoms with van der Waals surface area (Å²) in [5.74, 6) is 2.54. The highest BCUT2D eigenvalue weighted by Gasteiger charge is 2.22. The SMILES string of the molecule is CCN(CC)Cc1cc2c(o1)CCN(CC(=O)CCCCc1ccccc1)C2. The van der Waals surface area contributed by atoms with Crippen LogP contribution in [0.3, 0.4) is 0 Å². The van der Waals surface area contributed by atoms with Crippen molar-refractivity contribution in [3.05, 3.63) is 59.0 Å². The number of hydrogen-bond donors (Lipinski definition) is 0. The number of carbonyl (C=O) groups excluding carboxylic acids is 1. The van der Waals surface area contributed by atoms with E-state index >= 15 is 0 Å². The van der Waals surface area contributed by atoms with E-state index in [1.807, 2.05) is 6.07 Å². The molecule has 4 nitrogen and oxygen atoms in total. The van der Waals surface area contributed by atoms with Gasteiger partial charge in [-0.3, -0.25) is 14.6 Å². The number of unbranched alkanes of at least 4 members (excludes halogenated alkanes) is 1. The Morgan fingerprint density at radius 3 is 2.68 bits per heavy atom. The summed E-state index contributed by atoms with van der Waals surface area (Å²) in [6, 6.07) is 12.7. The van der Waals surface area contributed by atoms with Gasteiger partial charge < -0.3 is 4.42 Å². The Morgan fingerprint density at radius 1 is 1.14 bits per heavy atom. The molecule has 152 valence electrons. The predicted molar refractivity (Wildman–Crippen MR) is 113 cm³/mol. The average molecular weight is 383 g/mol. The Balaban J connectivity index is 1.40. The molecular formula is C24H34N2O2. The van der Waals surface area contributed by atoms with Gasteiger partial charge in [0.05, 0.1) is 13.1 Å². The van der Waals surface area contributed by atoms with Gasteiger partial charge in [0.2, 0.25) is 0 Å². The van der Waals surface area contributed by atoms with E-state index in [1.54, 1.807) is 0 Å². The summed E-state index contributed by atoms with van der Waals surface area (Å²) in [6.07, 6.45) is 4.72. The van der Waals surface area contributed by atoms with Crippen molar-refractivity contribution in [3.8, 4) is 0 Å². The van der Waals surface area contributed by atoms with Crippen LogP contribution in [-0.4, -0.2) is 41.8 Å². The standard InChI is InChI=1S/C24H34N2O2/c1-3-25(4-2)19-23-16-21-17-26(15-14-24(21)28-23)18-22(27)13-9-8-12-20-10-6-5-7-11-20/h5-7,10-11,16H,3-4,8-9,12-15,17-19H2,1-2H3. The smallest absolute Gasteiger partial charge is 0.146 e. The van der Waals surface area contributed by atoms with Crippen LogP contribution in [0.4, 0.5) is 0 Å². The van der Waals surface area contributed by atoms with E-state index in [1.165, 1.54) is 11.1 Å². The van der Waals surface area contributed by atoms with Gasteiger partial charge in [-0.05, 0) is 44.0 Å². The summed E-state index contributed by atoms with van der Waals surface area (Å²) in [6.45, 7) is 9.63. The van der Waals surface area contributed by atoms with E-state index < -0.39 is 0 Å². The molecule has 1 aromatic heterocycles. The third-order valence-electron chi connectivity index (χ3n) is 5.68. The molecule has 0 radical (unpaired) electrons. The van der Waals surface area contributed by atoms with Crippen LogP contribution in [0.1, 0.15) is 55.8 Å². The van der Waals surface area contributed by atoms with Crippen LogP contribution in [0.5, 0.6) is 0 Å². The maximum Gasteiger partial charge on any atom is 0.146 e. The maximum atomic E-state index is 12.4. The van der Waals surface area contributed by atoms with Gasteiger partial charge in [-0.2, -0.15) is 0 Å². The first-order valence-corrected chi connectivity index (χ1v) is 10.8. The van der Waals surface area contributed by atoms with Crippen LogP contribution in [0.2, 0.25) is 0 Å². The first kappa shape index (κ1) is 20.8. The topological polar surface area (TPSA) is 36.7 Å². The second kappa shape index (κ2) is 10.6. The molecule has 0 amide bonds. The summed E-state index contributed by atoms with van der Waals surface area (Å²) in [5.41, 5.74) is 2.63. The minimum atomic E-state index is 0.364. The molecule has 0 unspecified atom stereocenters. The van der Waals surface area contributed by atoms with Gasteiger partial charge in [0.15, 0.2) is 0 Å². The highest BCUT2D eigenvalue weighted by Crippen LogP contribution is 2.24. The number of ketones is 1. The maximum absolute atomic E-state index is 12.4. The second-order valence-electron chi connectivity index (χ2n) is 7.81. The van der Waals surface area contributed by atoms with Crippen molar-refractivity contribution in [1.29, 1.82) is 0 Å². The molecule has 4 heteroatoms. The van der Waals surface area contributed by atoms with Crippen molar-refractivity contribution in [2.24, 2.45) is 0 Å². The summed E-state index contributed by atoms with van der Waals surface area (Å²) >= 11 is 0. The number of aryl methyl sites for hydroxylation is 1. The Morgan fingerprint density at radius 2 is 1.93 bits per heavy atom. The zero-order chi connectivity index (χ0) is 19.8. The molecular weight excluding hydrogens is 348 g/mol. The predicted octanol–water partition coefficient (Wildman–Crippen LogP) is 4.46. The third kappa shape index (κ3) is 6.05. The lowest BCUT2D eigenvalue weighted by Crippen LogP contribution is -2.34. The number of furan rings is 1. The molecule has 1 aliphatic rings. The minimum Gasteiger partial charge on any atom is -0.464 e. The fourth-order valence-corrected chi connectivity index (χ4v) is 3.96. The highest BCUT2D eigenvalue weighted by atomic mass is 16.3. The third-order valence-corrected chi connectivity index (χ3v) is 5.68. The molecule has 0 aliphatic carbocycles. The monoisotopic (exact) mass is 382 g/mol. The lowest BCUT2D eigenvalue weighted by atomic mass is 10.0. The summed E-state index contributed by atoms with van der Waals surface area (Å²) < 4.78 is 6.06. The number of rotatable bonds is 11. The van der Waals surface area contributed by atoms with E-state index in [0.717, 1.165) is 69.9 Å². The zero-order valence-corrected chi connectivity index (χ0v) is 17.5. The molecule has 1 aliphatic heterocycles. The number of hydrogen-bond acceptors (Lipinski definition) is 4. The van der Waals surface area contributed by atoms with Gasteiger partial charge >= 0.3 is 0 Å². The molecule has 1 aromatic carbocycles. The fraction of sp³-hybridized carbons (Fsp3) is 0.542. The molecule has 2 heterocycles. The van der Waals surface area contributed by atoms with Crippen LogP contribution in [0.15, 0.2) is 40.8 Å². The number of carbonyl (C=O) groups is 1. The van der Waals surface area contributed by atoms with Crippen LogP contribution in [0.25, 0.3) is 0 Å². The first-order chi connectivity index (χ1) is 13.7. The largest absolute Gasteiger partial charge is 0.464 e. The molecule has 2 aromatic rings. The van der Waals surface area contributed by atoms with Gasteiger partial charge in [-0.25, -0.2) is 0 Å². The summed E-state index contributed by atoms with van der Waals surface area (Å²) in [4.78, 5) is 17.0. The molecule has 0 bridgehead atoms. The van der Waals surface area contributed by atoms with Crippen molar-refractivity contribution in [1.82, 2.24) is 9.80 Å². The Hall–Kier alpha value is -1.91. The van der Waals surface area contributed by atoms with Crippen LogP contribution < -0.4 is 0 Å². The van der Waals surface area contributed by atoms with E-state index in [0.29, 0.717) is 18.7 Å². The lowest BCUT2D eigenvalue weighted by Gasteiger charge is -2.25. The Kier molecular flexibility index (Phi) is 7.87. The lowest BCUT2D eigenvalue weighted by molar-refractivity contribution is -0.120. The van der Waals surface area contributed by atoms with Gasteiger partial charge in [0.1, 0.15) is 17.3 Å². The normalized spacial score (nSPS) is 14.4. The molecule has 0 N–H and O–H groups in total. The number of Topliss-reactive ketones (excluding diaryl/α,β-unsaturated/α-hetero) is 1. The van der Waals surface area contributed by atoms with E-state index in [-0.39, 0.29) is 0 Å². The van der Waals surface area contributed by atoms with Gasteiger partial charge in [0.25, 0.3) is 0 Å². The molecule has 0 spiro atoms. The van der Waals surface area contributed by atoms with Crippen molar-refractivity contribution in [3.63, 3.8) is 0 Å². The highest BCUT2D eigenvalue weighted by molar-refractivity contribution is 5.80. The molecule has 0 saturated carbocycles. The molecule has 0 fully saturated rings. The molecule has 3 rings (SSSR count). The zero-order valence-electron chi connectivity index (χ0n) is 17.5. The first-order valence-electron chi connectivity index (χ1n) is 10.8. The number of fused-ring (bicyclic) bond motifs is 1. The van der Waals surface area contributed by atoms with Gasteiger partial charge in [-0.1, -0.05) is 44.2 Å². The van der Waals surface area contributed by atoms with Crippen molar-refractivity contribution >= 4 is 5.78 Å².